The molecule has 2 heterocycles. The number of halogens is 1. The summed E-state index contributed by atoms with van der Waals surface area (Å²) in [5.74, 6) is -0.215. The van der Waals surface area contributed by atoms with E-state index in [4.69, 9.17) is 5.73 Å². The molecule has 1 aromatic carbocycles. The topological polar surface area (TPSA) is 68.0 Å². The number of hydrogen-bond acceptors (Lipinski definition) is 4. The zero-order valence-corrected chi connectivity index (χ0v) is 12.7. The molecule has 0 atom stereocenters. The van der Waals surface area contributed by atoms with Crippen LogP contribution in [0.3, 0.4) is 0 Å². The molecule has 0 radical (unpaired) electrons. The fourth-order valence-electron chi connectivity index (χ4n) is 1.88. The van der Waals surface area contributed by atoms with E-state index in [-0.39, 0.29) is 5.91 Å². The number of nitrogens with one attached hydrogen (secondary N) is 1. The average molecular weight is 348 g/mol. The molecule has 100 valence electrons. The number of benzene rings is 1. The van der Waals surface area contributed by atoms with Crippen LogP contribution in [0.1, 0.15) is 9.67 Å². The molecule has 1 amide bonds. The summed E-state index contributed by atoms with van der Waals surface area (Å²) < 4.78 is 1.93. The normalized spacial score (nSPS) is 10.7. The van der Waals surface area contributed by atoms with E-state index in [0.29, 0.717) is 16.3 Å². The number of pyridine rings is 1. The van der Waals surface area contributed by atoms with Gasteiger partial charge in [0.05, 0.1) is 17.6 Å². The molecule has 0 aliphatic rings. The quantitative estimate of drug-likeness (QED) is 0.738. The molecule has 3 N–H and O–H groups in total. The molecule has 0 saturated heterocycles. The number of hydrogen-bond donors (Lipinski definition) is 2. The summed E-state index contributed by atoms with van der Waals surface area (Å²) in [6, 6.07) is 9.34. The highest BCUT2D eigenvalue weighted by atomic mass is 79.9. The van der Waals surface area contributed by atoms with Crippen LogP contribution in [-0.4, -0.2) is 10.9 Å². The molecule has 0 bridgehead atoms. The largest absolute Gasteiger partial charge is 0.397 e. The van der Waals surface area contributed by atoms with Gasteiger partial charge in [-0.05, 0) is 30.3 Å². The summed E-state index contributed by atoms with van der Waals surface area (Å²) in [6.45, 7) is 0. The zero-order chi connectivity index (χ0) is 14.1. The summed E-state index contributed by atoms with van der Waals surface area (Å²) in [6.07, 6.45) is 3.25. The number of anilines is 2. The van der Waals surface area contributed by atoms with Gasteiger partial charge in [-0.3, -0.25) is 9.78 Å². The molecule has 6 heteroatoms. The predicted molar refractivity (Wildman–Crippen MR) is 86.1 cm³/mol. The Balaban J connectivity index is 1.98. The third-order valence-electron chi connectivity index (χ3n) is 2.81. The predicted octanol–water partition coefficient (Wildman–Crippen LogP) is 3.89. The van der Waals surface area contributed by atoms with Crippen LogP contribution in [0.15, 0.2) is 47.2 Å². The van der Waals surface area contributed by atoms with Gasteiger partial charge >= 0.3 is 0 Å². The summed E-state index contributed by atoms with van der Waals surface area (Å²) in [4.78, 5) is 16.7. The van der Waals surface area contributed by atoms with E-state index in [2.05, 4.69) is 26.2 Å². The lowest BCUT2D eigenvalue weighted by molar-refractivity contribution is 0.103. The number of fused-ring (bicyclic) bond motifs is 1. The van der Waals surface area contributed by atoms with Crippen LogP contribution in [0.2, 0.25) is 0 Å². The van der Waals surface area contributed by atoms with E-state index in [0.717, 1.165) is 14.6 Å². The van der Waals surface area contributed by atoms with Crippen LogP contribution in [0.4, 0.5) is 11.4 Å². The molecule has 0 unspecified atom stereocenters. The van der Waals surface area contributed by atoms with Gasteiger partial charge in [-0.15, -0.1) is 11.3 Å². The number of amides is 1. The van der Waals surface area contributed by atoms with E-state index >= 15 is 0 Å². The third kappa shape index (κ3) is 2.39. The standard InChI is InChI=1S/C14H10BrN3OS/c15-8-3-4-11-10(6-8)12(16)13(20-11)14(19)18-9-2-1-5-17-7-9/h1-7H,16H2,(H,18,19). The lowest BCUT2D eigenvalue weighted by Gasteiger charge is -2.03. The first-order valence-electron chi connectivity index (χ1n) is 5.84. The minimum atomic E-state index is -0.215. The second kappa shape index (κ2) is 5.22. The number of aromatic nitrogens is 1. The molecule has 3 aromatic rings. The van der Waals surface area contributed by atoms with E-state index < -0.39 is 0 Å². The second-order valence-corrected chi connectivity index (χ2v) is 6.15. The highest BCUT2D eigenvalue weighted by Crippen LogP contribution is 2.35. The number of rotatable bonds is 2. The Labute approximate surface area is 127 Å². The van der Waals surface area contributed by atoms with Gasteiger partial charge in [0.1, 0.15) is 4.88 Å². The van der Waals surface area contributed by atoms with E-state index in [1.807, 2.05) is 18.2 Å². The second-order valence-electron chi connectivity index (χ2n) is 4.18. The summed E-state index contributed by atoms with van der Waals surface area (Å²) in [5.41, 5.74) is 7.23. The van der Waals surface area contributed by atoms with Gasteiger partial charge in [0.25, 0.3) is 5.91 Å². The van der Waals surface area contributed by atoms with Crippen LogP contribution in [0, 0.1) is 0 Å². The van der Waals surface area contributed by atoms with Gasteiger partial charge < -0.3 is 11.1 Å². The Morgan fingerprint density at radius 1 is 1.35 bits per heavy atom. The Bertz CT molecular complexity index is 786. The van der Waals surface area contributed by atoms with Crippen molar-refractivity contribution in [1.29, 1.82) is 0 Å². The molecule has 4 nitrogen and oxygen atoms in total. The van der Waals surface area contributed by atoms with Crippen LogP contribution >= 0.6 is 27.3 Å². The summed E-state index contributed by atoms with van der Waals surface area (Å²) >= 11 is 4.79. The van der Waals surface area contributed by atoms with Gasteiger partial charge in [0, 0.05) is 20.8 Å². The smallest absolute Gasteiger partial charge is 0.267 e. The molecule has 0 spiro atoms. The fourth-order valence-corrected chi connectivity index (χ4v) is 3.24. The number of nitrogen functional groups attached to an aromatic ring is 1. The highest BCUT2D eigenvalue weighted by Gasteiger charge is 2.16. The SMILES string of the molecule is Nc1c(C(=O)Nc2cccnc2)sc2ccc(Br)cc12. The van der Waals surface area contributed by atoms with Crippen LogP contribution < -0.4 is 11.1 Å². The lowest BCUT2D eigenvalue weighted by atomic mass is 10.2. The summed E-state index contributed by atoms with van der Waals surface area (Å²) in [5, 5.41) is 3.68. The maximum absolute atomic E-state index is 12.3. The highest BCUT2D eigenvalue weighted by molar-refractivity contribution is 9.10. The minimum absolute atomic E-state index is 0.215. The van der Waals surface area contributed by atoms with E-state index in [9.17, 15) is 4.79 Å². The molecular weight excluding hydrogens is 338 g/mol. The van der Waals surface area contributed by atoms with E-state index in [1.165, 1.54) is 11.3 Å². The molecule has 3 rings (SSSR count). The first kappa shape index (κ1) is 13.1. The summed E-state index contributed by atoms with van der Waals surface area (Å²) in [7, 11) is 0. The zero-order valence-electron chi connectivity index (χ0n) is 10.3. The Morgan fingerprint density at radius 2 is 2.20 bits per heavy atom. The number of carbonyl (C=O) groups is 1. The maximum atomic E-state index is 12.3. The molecule has 0 saturated carbocycles. The average Bonchev–Trinajstić information content (AvgIpc) is 2.77. The van der Waals surface area contributed by atoms with Crippen molar-refractivity contribution in [2.24, 2.45) is 0 Å². The first-order chi connectivity index (χ1) is 9.65. The fraction of sp³-hybridized carbons (Fsp3) is 0. The van der Waals surface area contributed by atoms with Crippen molar-refractivity contribution < 1.29 is 4.79 Å². The van der Waals surface area contributed by atoms with Crippen molar-refractivity contribution in [1.82, 2.24) is 4.98 Å². The Kier molecular flexibility index (Phi) is 3.42. The first-order valence-corrected chi connectivity index (χ1v) is 7.45. The van der Waals surface area contributed by atoms with Crippen LogP contribution in [-0.2, 0) is 0 Å². The minimum Gasteiger partial charge on any atom is -0.397 e. The van der Waals surface area contributed by atoms with Gasteiger partial charge in [0.15, 0.2) is 0 Å². The molecule has 0 aliphatic carbocycles. The monoisotopic (exact) mass is 347 g/mol. The molecule has 0 aliphatic heterocycles. The molecule has 20 heavy (non-hydrogen) atoms. The van der Waals surface area contributed by atoms with Crippen LogP contribution in [0.5, 0.6) is 0 Å². The van der Waals surface area contributed by atoms with Gasteiger partial charge in [-0.2, -0.15) is 0 Å². The van der Waals surface area contributed by atoms with Gasteiger partial charge in [0.2, 0.25) is 0 Å². The van der Waals surface area contributed by atoms with E-state index in [1.54, 1.807) is 24.5 Å². The van der Waals surface area contributed by atoms with Crippen LogP contribution in [0.25, 0.3) is 10.1 Å². The van der Waals surface area contributed by atoms with Gasteiger partial charge in [-0.25, -0.2) is 0 Å². The van der Waals surface area contributed by atoms with Crippen molar-refractivity contribution in [2.45, 2.75) is 0 Å². The van der Waals surface area contributed by atoms with Crippen molar-refractivity contribution in [3.05, 3.63) is 52.1 Å². The number of nitrogens with two attached hydrogens (primary N) is 1. The molecular formula is C14H10BrN3OS. The van der Waals surface area contributed by atoms with Crippen molar-refractivity contribution in [3.8, 4) is 0 Å². The number of carbonyl (C=O) groups excluding carboxylic acids is 1. The van der Waals surface area contributed by atoms with Gasteiger partial charge in [-0.1, -0.05) is 15.9 Å². The Hall–Kier alpha value is -1.92. The lowest BCUT2D eigenvalue weighted by Crippen LogP contribution is -2.11. The maximum Gasteiger partial charge on any atom is 0.267 e. The molecule has 0 fully saturated rings. The molecule has 2 aromatic heterocycles. The number of nitrogens with zero attached hydrogens (tertiary/aromatic N) is 1. The van der Waals surface area contributed by atoms with Crippen molar-refractivity contribution in [3.63, 3.8) is 0 Å². The Morgan fingerprint density at radius 3 is 2.95 bits per heavy atom. The third-order valence-corrected chi connectivity index (χ3v) is 4.49. The van der Waals surface area contributed by atoms with Crippen molar-refractivity contribution >= 4 is 54.6 Å². The number of thiophene rings is 1. The van der Waals surface area contributed by atoms with Crippen molar-refractivity contribution in [2.75, 3.05) is 11.1 Å².